The molecule has 0 aromatic carbocycles. The van der Waals surface area contributed by atoms with Crippen molar-refractivity contribution in [1.82, 2.24) is 9.88 Å². The van der Waals surface area contributed by atoms with Crippen LogP contribution in [0.4, 0.5) is 4.79 Å². The summed E-state index contributed by atoms with van der Waals surface area (Å²) in [5.41, 5.74) is 0.610. The van der Waals surface area contributed by atoms with Gasteiger partial charge in [0.2, 0.25) is 0 Å². The molecule has 0 unspecified atom stereocenters. The molecule has 0 N–H and O–H groups in total. The fourth-order valence-corrected chi connectivity index (χ4v) is 1.79. The molecule has 1 aliphatic rings. The molecular weight excluding hydrogens is 232 g/mol. The van der Waals surface area contributed by atoms with Gasteiger partial charge in [-0.25, -0.2) is 9.69 Å². The smallest absolute Gasteiger partial charge is 0.417 e. The van der Waals surface area contributed by atoms with Crippen LogP contribution >= 0.6 is 0 Å². The third-order valence-corrected chi connectivity index (χ3v) is 2.56. The number of nitrogens with zero attached hydrogens (tertiary/aromatic N) is 2. The van der Waals surface area contributed by atoms with Crippen molar-refractivity contribution in [3.05, 3.63) is 29.6 Å². The van der Waals surface area contributed by atoms with E-state index in [2.05, 4.69) is 4.98 Å². The molecule has 2 heterocycles. The van der Waals surface area contributed by atoms with Gasteiger partial charge in [0.15, 0.2) is 0 Å². The number of carbonyl (C=O) groups is 2. The molecule has 5 heteroatoms. The molecule has 0 spiro atoms. The van der Waals surface area contributed by atoms with Crippen molar-refractivity contribution in [3.8, 4) is 0 Å². The molecule has 18 heavy (non-hydrogen) atoms. The van der Waals surface area contributed by atoms with Crippen LogP contribution in [0.1, 0.15) is 36.8 Å². The average Bonchev–Trinajstić information content (AvgIpc) is 2.27. The monoisotopic (exact) mass is 248 g/mol. The molecule has 0 bridgehead atoms. The normalized spacial score (nSPS) is 15.3. The molecule has 2 amide bonds. The van der Waals surface area contributed by atoms with E-state index in [1.54, 1.807) is 33.0 Å². The zero-order valence-corrected chi connectivity index (χ0v) is 10.8. The summed E-state index contributed by atoms with van der Waals surface area (Å²) < 4.78 is 5.20. The van der Waals surface area contributed by atoms with Gasteiger partial charge in [-0.05, 0) is 38.8 Å². The fourth-order valence-electron chi connectivity index (χ4n) is 1.79. The highest BCUT2D eigenvalue weighted by Gasteiger charge is 2.32. The molecule has 0 saturated carbocycles. The maximum atomic E-state index is 12.1. The first-order valence-corrected chi connectivity index (χ1v) is 5.87. The number of imide groups is 1. The molecule has 0 aliphatic carbocycles. The summed E-state index contributed by atoms with van der Waals surface area (Å²) in [7, 11) is 0. The van der Waals surface area contributed by atoms with Gasteiger partial charge in [-0.1, -0.05) is 6.07 Å². The largest absolute Gasteiger partial charge is 0.443 e. The Morgan fingerprint density at radius 1 is 1.44 bits per heavy atom. The third-order valence-electron chi connectivity index (χ3n) is 2.56. The van der Waals surface area contributed by atoms with E-state index in [0.717, 1.165) is 10.5 Å². The van der Waals surface area contributed by atoms with Gasteiger partial charge in [-0.15, -0.1) is 0 Å². The lowest BCUT2D eigenvalue weighted by Gasteiger charge is -2.28. The zero-order chi connectivity index (χ0) is 13.3. The van der Waals surface area contributed by atoms with Crippen LogP contribution in [0.2, 0.25) is 0 Å². The molecule has 96 valence electrons. The van der Waals surface area contributed by atoms with Crippen molar-refractivity contribution in [2.75, 3.05) is 6.54 Å². The number of amides is 2. The Hall–Kier alpha value is -1.91. The highest BCUT2D eigenvalue weighted by Crippen LogP contribution is 2.19. The van der Waals surface area contributed by atoms with E-state index >= 15 is 0 Å². The van der Waals surface area contributed by atoms with E-state index in [9.17, 15) is 9.59 Å². The first-order valence-electron chi connectivity index (χ1n) is 5.87. The van der Waals surface area contributed by atoms with Crippen molar-refractivity contribution in [1.29, 1.82) is 0 Å². The van der Waals surface area contributed by atoms with Gasteiger partial charge >= 0.3 is 6.09 Å². The maximum Gasteiger partial charge on any atom is 0.417 e. The number of aromatic nitrogens is 1. The lowest BCUT2D eigenvalue weighted by atomic mass is 10.1. The van der Waals surface area contributed by atoms with Crippen molar-refractivity contribution >= 4 is 12.0 Å². The predicted octanol–water partition coefficient (Wildman–Crippen LogP) is 2.01. The highest BCUT2D eigenvalue weighted by molar-refractivity contribution is 6.03. The lowest BCUT2D eigenvalue weighted by molar-refractivity contribution is 0.0231. The van der Waals surface area contributed by atoms with Gasteiger partial charge in [-0.2, -0.15) is 0 Å². The van der Waals surface area contributed by atoms with Gasteiger partial charge in [0.1, 0.15) is 11.3 Å². The SMILES string of the molecule is CC(C)(C)OC(=O)N1CCc2cccnc2C1=O. The molecule has 5 nitrogen and oxygen atoms in total. The van der Waals surface area contributed by atoms with E-state index < -0.39 is 11.7 Å². The molecule has 1 aromatic rings. The molecule has 0 radical (unpaired) electrons. The van der Waals surface area contributed by atoms with Crippen LogP contribution in [0.25, 0.3) is 0 Å². The molecule has 1 aliphatic heterocycles. The minimum absolute atomic E-state index is 0.340. The van der Waals surface area contributed by atoms with E-state index in [0.29, 0.717) is 18.7 Å². The summed E-state index contributed by atoms with van der Waals surface area (Å²) in [4.78, 5) is 29.1. The Morgan fingerprint density at radius 3 is 2.83 bits per heavy atom. The second kappa shape index (κ2) is 4.40. The van der Waals surface area contributed by atoms with Gasteiger partial charge < -0.3 is 4.74 Å². The molecular formula is C13H16N2O3. The number of fused-ring (bicyclic) bond motifs is 1. The summed E-state index contributed by atoms with van der Waals surface area (Å²) >= 11 is 0. The molecule has 2 rings (SSSR count). The number of ether oxygens (including phenoxy) is 1. The molecule has 0 saturated heterocycles. The quantitative estimate of drug-likeness (QED) is 0.704. The van der Waals surface area contributed by atoms with Crippen LogP contribution in [0.3, 0.4) is 0 Å². The highest BCUT2D eigenvalue weighted by atomic mass is 16.6. The lowest BCUT2D eigenvalue weighted by Crippen LogP contribution is -2.45. The standard InChI is InChI=1S/C13H16N2O3/c1-13(2,3)18-12(17)15-8-6-9-5-4-7-14-10(9)11(15)16/h4-5,7H,6,8H2,1-3H3. The topological polar surface area (TPSA) is 59.5 Å². The summed E-state index contributed by atoms with van der Waals surface area (Å²) in [5.74, 6) is -0.383. The Bertz CT molecular complexity index is 491. The fraction of sp³-hybridized carbons (Fsp3) is 0.462. The number of rotatable bonds is 0. The van der Waals surface area contributed by atoms with E-state index in [1.165, 1.54) is 0 Å². The van der Waals surface area contributed by atoms with E-state index in [-0.39, 0.29) is 5.91 Å². The number of hydrogen-bond donors (Lipinski definition) is 0. The van der Waals surface area contributed by atoms with Gasteiger partial charge in [-0.3, -0.25) is 9.78 Å². The number of carbonyl (C=O) groups excluding carboxylic acids is 2. The predicted molar refractivity (Wildman–Crippen MR) is 65.2 cm³/mol. The van der Waals surface area contributed by atoms with Crippen LogP contribution < -0.4 is 0 Å². The molecule has 0 atom stereocenters. The summed E-state index contributed by atoms with van der Waals surface area (Å²) in [6, 6.07) is 3.64. The van der Waals surface area contributed by atoms with Crippen LogP contribution in [-0.2, 0) is 11.2 Å². The minimum atomic E-state index is -0.609. The summed E-state index contributed by atoms with van der Waals surface area (Å²) in [6.45, 7) is 5.65. The third kappa shape index (κ3) is 2.50. The van der Waals surface area contributed by atoms with Gasteiger partial charge in [0, 0.05) is 12.7 Å². The summed E-state index contributed by atoms with van der Waals surface area (Å²) in [6.07, 6.45) is 1.56. The second-order valence-electron chi connectivity index (χ2n) is 5.20. The van der Waals surface area contributed by atoms with Crippen LogP contribution in [0.5, 0.6) is 0 Å². The van der Waals surface area contributed by atoms with E-state index in [4.69, 9.17) is 4.74 Å². The molecule has 0 fully saturated rings. The van der Waals surface area contributed by atoms with Crippen LogP contribution in [0.15, 0.2) is 18.3 Å². The zero-order valence-electron chi connectivity index (χ0n) is 10.8. The Kier molecular flexibility index (Phi) is 3.07. The Balaban J connectivity index is 2.19. The number of hydrogen-bond acceptors (Lipinski definition) is 4. The van der Waals surface area contributed by atoms with Crippen LogP contribution in [0, 0.1) is 0 Å². The van der Waals surface area contributed by atoms with Gasteiger partial charge in [0.25, 0.3) is 5.91 Å². The second-order valence-corrected chi connectivity index (χ2v) is 5.20. The average molecular weight is 248 g/mol. The molecule has 1 aromatic heterocycles. The number of pyridine rings is 1. The maximum absolute atomic E-state index is 12.1. The first kappa shape index (κ1) is 12.5. The first-order chi connectivity index (χ1) is 8.38. The van der Waals surface area contributed by atoms with Crippen molar-refractivity contribution < 1.29 is 14.3 Å². The van der Waals surface area contributed by atoms with E-state index in [1.807, 2.05) is 6.07 Å². The Morgan fingerprint density at radius 2 is 2.17 bits per heavy atom. The summed E-state index contributed by atoms with van der Waals surface area (Å²) in [5, 5.41) is 0. The van der Waals surface area contributed by atoms with Gasteiger partial charge in [0.05, 0.1) is 0 Å². The minimum Gasteiger partial charge on any atom is -0.443 e. The Labute approximate surface area is 106 Å². The van der Waals surface area contributed by atoms with Crippen LogP contribution in [-0.4, -0.2) is 34.0 Å². The van der Waals surface area contributed by atoms with Crippen molar-refractivity contribution in [2.45, 2.75) is 32.8 Å². The van der Waals surface area contributed by atoms with Crippen molar-refractivity contribution in [3.63, 3.8) is 0 Å². The van der Waals surface area contributed by atoms with Crippen molar-refractivity contribution in [2.24, 2.45) is 0 Å².